The summed E-state index contributed by atoms with van der Waals surface area (Å²) in [7, 11) is 0. The molecule has 2 heterocycles. The maximum absolute atomic E-state index is 6.04. The van der Waals surface area contributed by atoms with Gasteiger partial charge in [-0.15, -0.1) is 0 Å². The number of nitrogens with zero attached hydrogens (tertiary/aromatic N) is 1. The van der Waals surface area contributed by atoms with Crippen LogP contribution in [0.2, 0.25) is 0 Å². The Morgan fingerprint density at radius 1 is 1.12 bits per heavy atom. The predicted octanol–water partition coefficient (Wildman–Crippen LogP) is 1.47. The molecule has 0 radical (unpaired) electrons. The average molecular weight is 233 g/mol. The highest BCUT2D eigenvalue weighted by molar-refractivity contribution is 5.79. The van der Waals surface area contributed by atoms with Crippen molar-refractivity contribution in [3.05, 3.63) is 18.2 Å². The van der Waals surface area contributed by atoms with Crippen LogP contribution in [0, 0.1) is 5.41 Å². The number of nitrogens with two attached hydrogens (primary N) is 2. The van der Waals surface area contributed by atoms with Gasteiger partial charge in [0.2, 0.25) is 0 Å². The van der Waals surface area contributed by atoms with E-state index < -0.39 is 0 Å². The van der Waals surface area contributed by atoms with Crippen molar-refractivity contribution in [2.24, 2.45) is 5.41 Å². The Labute approximate surface area is 102 Å². The molecule has 4 heteroatoms. The lowest BCUT2D eigenvalue weighted by molar-refractivity contribution is -0.124. The first kappa shape index (κ1) is 10.7. The van der Waals surface area contributed by atoms with Gasteiger partial charge in [0.1, 0.15) is 0 Å². The molecule has 2 saturated heterocycles. The lowest BCUT2D eigenvalue weighted by Gasteiger charge is -2.48. The van der Waals surface area contributed by atoms with Gasteiger partial charge < -0.3 is 21.1 Å². The Balaban J connectivity index is 1.75. The number of rotatable bonds is 1. The van der Waals surface area contributed by atoms with Crippen molar-refractivity contribution in [1.29, 1.82) is 0 Å². The Kier molecular flexibility index (Phi) is 2.40. The Bertz CT molecular complexity index is 419. The largest absolute Gasteiger partial charge is 0.397 e. The van der Waals surface area contributed by atoms with E-state index in [1.807, 2.05) is 12.1 Å². The van der Waals surface area contributed by atoms with Crippen LogP contribution < -0.4 is 16.4 Å². The summed E-state index contributed by atoms with van der Waals surface area (Å²) in [5.74, 6) is 0. The minimum atomic E-state index is 0.464. The van der Waals surface area contributed by atoms with E-state index in [1.165, 1.54) is 12.8 Å². The van der Waals surface area contributed by atoms with Gasteiger partial charge in [-0.05, 0) is 25.0 Å². The molecule has 92 valence electrons. The zero-order valence-corrected chi connectivity index (χ0v) is 9.98. The van der Waals surface area contributed by atoms with Gasteiger partial charge in [0.25, 0.3) is 0 Å². The second-order valence-corrected chi connectivity index (χ2v) is 5.26. The first-order valence-electron chi connectivity index (χ1n) is 6.17. The summed E-state index contributed by atoms with van der Waals surface area (Å²) in [6.45, 7) is 3.98. The normalized spacial score (nSPS) is 22.5. The zero-order chi connectivity index (χ0) is 11.9. The highest BCUT2D eigenvalue weighted by atomic mass is 16.5. The van der Waals surface area contributed by atoms with Crippen LogP contribution in [0.1, 0.15) is 12.8 Å². The molecule has 1 aromatic rings. The van der Waals surface area contributed by atoms with E-state index in [-0.39, 0.29) is 0 Å². The fraction of sp³-hybridized carbons (Fsp3) is 0.538. The third-order valence-corrected chi connectivity index (χ3v) is 4.10. The molecule has 0 bridgehead atoms. The Morgan fingerprint density at radius 2 is 1.82 bits per heavy atom. The summed E-state index contributed by atoms with van der Waals surface area (Å²) >= 11 is 0. The van der Waals surface area contributed by atoms with E-state index in [0.717, 1.165) is 32.0 Å². The van der Waals surface area contributed by atoms with Crippen LogP contribution in [0.4, 0.5) is 17.1 Å². The van der Waals surface area contributed by atoms with E-state index in [0.29, 0.717) is 16.8 Å². The molecule has 1 aromatic carbocycles. The van der Waals surface area contributed by atoms with Crippen molar-refractivity contribution in [2.45, 2.75) is 12.8 Å². The van der Waals surface area contributed by atoms with E-state index in [4.69, 9.17) is 16.2 Å². The van der Waals surface area contributed by atoms with Gasteiger partial charge in [-0.25, -0.2) is 0 Å². The van der Waals surface area contributed by atoms with Crippen LogP contribution in [0.3, 0.4) is 0 Å². The van der Waals surface area contributed by atoms with Crippen LogP contribution in [-0.4, -0.2) is 26.3 Å². The van der Waals surface area contributed by atoms with Crippen LogP contribution in [0.15, 0.2) is 18.2 Å². The summed E-state index contributed by atoms with van der Waals surface area (Å²) in [6, 6.07) is 5.88. The number of hydrogen-bond acceptors (Lipinski definition) is 4. The molecular weight excluding hydrogens is 214 g/mol. The minimum Gasteiger partial charge on any atom is -0.397 e. The zero-order valence-electron chi connectivity index (χ0n) is 9.98. The SMILES string of the molecule is Nc1cccc(N2CCC3(CC2)COC3)c1N. The van der Waals surface area contributed by atoms with Gasteiger partial charge in [-0.2, -0.15) is 0 Å². The van der Waals surface area contributed by atoms with Crippen molar-refractivity contribution in [2.75, 3.05) is 42.7 Å². The number of nitrogen functional groups attached to an aromatic ring is 2. The summed E-state index contributed by atoms with van der Waals surface area (Å²) in [4.78, 5) is 2.34. The van der Waals surface area contributed by atoms with Gasteiger partial charge in [0, 0.05) is 18.5 Å². The molecule has 2 aliphatic heterocycles. The molecular formula is C13H19N3O. The van der Waals surface area contributed by atoms with Crippen LogP contribution in [0.5, 0.6) is 0 Å². The van der Waals surface area contributed by atoms with Crippen molar-refractivity contribution in [1.82, 2.24) is 0 Å². The summed E-state index contributed by atoms with van der Waals surface area (Å²) < 4.78 is 5.34. The lowest BCUT2D eigenvalue weighted by Crippen LogP contribution is -2.51. The van der Waals surface area contributed by atoms with Crippen LogP contribution in [-0.2, 0) is 4.74 Å². The van der Waals surface area contributed by atoms with Crippen molar-refractivity contribution in [3.8, 4) is 0 Å². The predicted molar refractivity (Wildman–Crippen MR) is 70.0 cm³/mol. The molecule has 2 aliphatic rings. The van der Waals surface area contributed by atoms with E-state index >= 15 is 0 Å². The van der Waals surface area contributed by atoms with E-state index in [2.05, 4.69) is 11.0 Å². The number of para-hydroxylation sites is 1. The Hall–Kier alpha value is -1.42. The smallest absolute Gasteiger partial charge is 0.0785 e. The van der Waals surface area contributed by atoms with Gasteiger partial charge in [-0.3, -0.25) is 0 Å². The monoisotopic (exact) mass is 233 g/mol. The highest BCUT2D eigenvalue weighted by Gasteiger charge is 2.41. The molecule has 4 nitrogen and oxygen atoms in total. The maximum Gasteiger partial charge on any atom is 0.0785 e. The summed E-state index contributed by atoms with van der Waals surface area (Å²) in [6.07, 6.45) is 2.39. The molecule has 0 unspecified atom stereocenters. The summed E-state index contributed by atoms with van der Waals surface area (Å²) in [5.41, 5.74) is 14.8. The second-order valence-electron chi connectivity index (χ2n) is 5.26. The molecule has 0 amide bonds. The standard InChI is InChI=1S/C13H19N3O/c14-10-2-1-3-11(12(10)15)16-6-4-13(5-7-16)8-17-9-13/h1-3H,4-9,14-15H2. The van der Waals surface area contributed by atoms with E-state index in [9.17, 15) is 0 Å². The van der Waals surface area contributed by atoms with Crippen LogP contribution >= 0.6 is 0 Å². The molecule has 4 N–H and O–H groups in total. The molecule has 17 heavy (non-hydrogen) atoms. The molecule has 3 rings (SSSR count). The van der Waals surface area contributed by atoms with Gasteiger partial charge in [0.05, 0.1) is 30.3 Å². The molecule has 0 aromatic heterocycles. The number of benzene rings is 1. The molecule has 0 saturated carbocycles. The fourth-order valence-electron chi connectivity index (χ4n) is 2.75. The first-order chi connectivity index (χ1) is 8.20. The van der Waals surface area contributed by atoms with Crippen LogP contribution in [0.25, 0.3) is 0 Å². The molecule has 1 spiro atoms. The van der Waals surface area contributed by atoms with Gasteiger partial charge in [-0.1, -0.05) is 6.07 Å². The maximum atomic E-state index is 6.04. The lowest BCUT2D eigenvalue weighted by atomic mass is 9.77. The van der Waals surface area contributed by atoms with Crippen molar-refractivity contribution < 1.29 is 4.74 Å². The highest BCUT2D eigenvalue weighted by Crippen LogP contribution is 2.40. The minimum absolute atomic E-state index is 0.464. The molecule has 0 atom stereocenters. The van der Waals surface area contributed by atoms with Gasteiger partial charge in [0.15, 0.2) is 0 Å². The topological polar surface area (TPSA) is 64.5 Å². The molecule has 2 fully saturated rings. The third-order valence-electron chi connectivity index (χ3n) is 4.10. The number of piperidine rings is 1. The summed E-state index contributed by atoms with van der Waals surface area (Å²) in [5, 5.41) is 0. The number of ether oxygens (including phenoxy) is 1. The Morgan fingerprint density at radius 3 is 2.41 bits per heavy atom. The number of hydrogen-bond donors (Lipinski definition) is 2. The van der Waals surface area contributed by atoms with Crippen molar-refractivity contribution >= 4 is 17.1 Å². The van der Waals surface area contributed by atoms with Gasteiger partial charge >= 0.3 is 0 Å². The number of anilines is 3. The second kappa shape index (κ2) is 3.81. The first-order valence-corrected chi connectivity index (χ1v) is 6.17. The average Bonchev–Trinajstić information content (AvgIpc) is 2.31. The van der Waals surface area contributed by atoms with Crippen molar-refractivity contribution in [3.63, 3.8) is 0 Å². The molecule has 0 aliphatic carbocycles. The third kappa shape index (κ3) is 1.72. The quantitative estimate of drug-likeness (QED) is 0.721. The fourth-order valence-corrected chi connectivity index (χ4v) is 2.75. The van der Waals surface area contributed by atoms with E-state index in [1.54, 1.807) is 0 Å².